The Balaban J connectivity index is 2.12. The molecule has 40 heavy (non-hydrogen) atoms. The highest BCUT2D eigenvalue weighted by Crippen LogP contribution is 2.30. The molecule has 12 nitrogen and oxygen atoms in total. The third kappa shape index (κ3) is 9.31. The lowest BCUT2D eigenvalue weighted by Gasteiger charge is -2.40. The molecule has 2 rings (SSSR count). The molecule has 0 unspecified atom stereocenters. The van der Waals surface area contributed by atoms with Gasteiger partial charge in [-0.05, 0) is 31.1 Å². The van der Waals surface area contributed by atoms with E-state index >= 15 is 0 Å². The summed E-state index contributed by atoms with van der Waals surface area (Å²) in [5, 5.41) is 10.5. The number of nitrogens with one attached hydrogen (secondary N) is 4. The van der Waals surface area contributed by atoms with Crippen molar-refractivity contribution in [3.8, 4) is 0 Å². The first-order chi connectivity index (χ1) is 18.6. The number of hydrogen-bond donors (Lipinski definition) is 4. The van der Waals surface area contributed by atoms with Gasteiger partial charge >= 0.3 is 6.03 Å². The van der Waals surface area contributed by atoms with E-state index in [0.717, 1.165) is 19.3 Å². The molecule has 1 saturated heterocycles. The highest BCUT2D eigenvalue weighted by Gasteiger charge is 2.43. The molecule has 2 fully saturated rings. The largest absolute Gasteiger partial charge is 0.347 e. The Kier molecular flexibility index (Phi) is 11.7. The summed E-state index contributed by atoms with van der Waals surface area (Å²) in [4.78, 5) is 65.0. The maximum absolute atomic E-state index is 13.7. The lowest BCUT2D eigenvalue weighted by atomic mass is 9.83. The summed E-state index contributed by atoms with van der Waals surface area (Å²) in [5.41, 5.74) is -1.63. The first kappa shape index (κ1) is 33.2. The number of Topliss-reactive ketones (excluding diaryl/α,β-unsaturated/α-hetero) is 1. The Labute approximate surface area is 237 Å². The van der Waals surface area contributed by atoms with Crippen LogP contribution in [0.5, 0.6) is 0 Å². The van der Waals surface area contributed by atoms with Crippen LogP contribution >= 0.6 is 0 Å². The van der Waals surface area contributed by atoms with Crippen LogP contribution in [0.1, 0.15) is 72.6 Å². The van der Waals surface area contributed by atoms with Gasteiger partial charge in [-0.3, -0.25) is 19.2 Å². The van der Waals surface area contributed by atoms with E-state index in [2.05, 4.69) is 27.8 Å². The summed E-state index contributed by atoms with van der Waals surface area (Å²) in [5.74, 6) is -2.85. The van der Waals surface area contributed by atoms with Crippen LogP contribution in [-0.4, -0.2) is 91.6 Å². The summed E-state index contributed by atoms with van der Waals surface area (Å²) in [7, 11) is -3.36. The van der Waals surface area contributed by atoms with Crippen LogP contribution in [0.3, 0.4) is 0 Å². The van der Waals surface area contributed by atoms with Crippen molar-refractivity contribution in [2.24, 2.45) is 5.41 Å². The van der Waals surface area contributed by atoms with E-state index < -0.39 is 69.0 Å². The van der Waals surface area contributed by atoms with E-state index in [1.165, 1.54) is 11.0 Å². The molecule has 4 N–H and O–H groups in total. The monoisotopic (exact) mass is 583 g/mol. The molecule has 0 bridgehead atoms. The van der Waals surface area contributed by atoms with Gasteiger partial charge in [0.1, 0.15) is 12.1 Å². The minimum absolute atomic E-state index is 0.0232. The summed E-state index contributed by atoms with van der Waals surface area (Å²) in [6.07, 6.45) is 5.97. The van der Waals surface area contributed by atoms with E-state index in [1.54, 1.807) is 27.7 Å². The van der Waals surface area contributed by atoms with Crippen LogP contribution in [0.2, 0.25) is 0 Å². The molecule has 5 amide bonds. The molecule has 1 aliphatic carbocycles. The highest BCUT2D eigenvalue weighted by molar-refractivity contribution is 7.91. The van der Waals surface area contributed by atoms with Gasteiger partial charge < -0.3 is 26.2 Å². The number of rotatable bonds is 12. The van der Waals surface area contributed by atoms with Gasteiger partial charge in [0.05, 0.1) is 17.8 Å². The molecule has 0 radical (unpaired) electrons. The van der Waals surface area contributed by atoms with E-state index in [0.29, 0.717) is 32.2 Å². The molecule has 226 valence electrons. The first-order valence-electron chi connectivity index (χ1n) is 13.9. The number of carbonyl (C=O) groups is 5. The molecule has 2 atom stereocenters. The van der Waals surface area contributed by atoms with Crippen LogP contribution in [0.15, 0.2) is 12.7 Å². The van der Waals surface area contributed by atoms with Crippen molar-refractivity contribution in [1.29, 1.82) is 0 Å². The van der Waals surface area contributed by atoms with Gasteiger partial charge in [0, 0.05) is 18.8 Å². The number of nitrogens with zero attached hydrogens (tertiary/aromatic N) is 1. The molecular weight excluding hydrogens is 538 g/mol. The predicted octanol–water partition coefficient (Wildman–Crippen LogP) is 0.816. The van der Waals surface area contributed by atoms with Crippen molar-refractivity contribution in [3.05, 3.63) is 12.7 Å². The first-order valence-corrected chi connectivity index (χ1v) is 15.8. The molecule has 13 heteroatoms. The number of ketones is 1. The molecule has 0 aromatic heterocycles. The Morgan fingerprint density at radius 2 is 1.70 bits per heavy atom. The quantitative estimate of drug-likeness (QED) is 0.195. The standard InChI is InChI=1S/C27H45N5O7S/c1-6-15-28-23(35)20(33)17-29-22(34)19-12-11-16-32(19)24(36)21(26(3,4)5)30-25(37)31-27(13-9-8-10-14-27)18-40(38,39)7-2/h6,19,21H,1,7-18H2,2-5H3,(H,28,35)(H,29,34)(H2,30,31,37)/t19-,21+/m0/s1. The molecule has 0 aromatic carbocycles. The van der Waals surface area contributed by atoms with E-state index in [9.17, 15) is 32.4 Å². The molecule has 1 saturated carbocycles. The zero-order valence-electron chi connectivity index (χ0n) is 24.1. The van der Waals surface area contributed by atoms with Crippen molar-refractivity contribution in [3.63, 3.8) is 0 Å². The zero-order valence-corrected chi connectivity index (χ0v) is 25.0. The second kappa shape index (κ2) is 14.1. The van der Waals surface area contributed by atoms with Crippen molar-refractivity contribution in [2.75, 3.05) is 31.1 Å². The SMILES string of the molecule is C=CCNC(=O)C(=O)CNC(=O)[C@@H]1CCCN1C(=O)[C@@H](NC(=O)NC1(CS(=O)(=O)CC)CCCCC1)C(C)(C)C. The van der Waals surface area contributed by atoms with E-state index in [4.69, 9.17) is 0 Å². The minimum atomic E-state index is -3.36. The number of amides is 5. The summed E-state index contributed by atoms with van der Waals surface area (Å²) >= 11 is 0. The van der Waals surface area contributed by atoms with Gasteiger partial charge in [0.25, 0.3) is 5.91 Å². The lowest BCUT2D eigenvalue weighted by Crippen LogP contribution is -2.63. The van der Waals surface area contributed by atoms with Crippen molar-refractivity contribution in [1.82, 2.24) is 26.2 Å². The van der Waals surface area contributed by atoms with Crippen LogP contribution < -0.4 is 21.3 Å². The minimum Gasteiger partial charge on any atom is -0.347 e. The van der Waals surface area contributed by atoms with Crippen molar-refractivity contribution in [2.45, 2.75) is 90.3 Å². The Morgan fingerprint density at radius 1 is 1.05 bits per heavy atom. The third-order valence-electron chi connectivity index (χ3n) is 7.44. The number of carbonyl (C=O) groups excluding carboxylic acids is 5. The van der Waals surface area contributed by atoms with Crippen molar-refractivity contribution >= 4 is 39.4 Å². The average molecular weight is 584 g/mol. The predicted molar refractivity (Wildman–Crippen MR) is 151 cm³/mol. The van der Waals surface area contributed by atoms with Crippen LogP contribution in [-0.2, 0) is 29.0 Å². The van der Waals surface area contributed by atoms with Gasteiger partial charge in [0.15, 0.2) is 9.84 Å². The van der Waals surface area contributed by atoms with E-state index in [1.807, 2.05) is 0 Å². The second-order valence-electron chi connectivity index (χ2n) is 11.7. The summed E-state index contributed by atoms with van der Waals surface area (Å²) in [6, 6.07) is -2.49. The topological polar surface area (TPSA) is 171 Å². The highest BCUT2D eigenvalue weighted by atomic mass is 32.2. The summed E-state index contributed by atoms with van der Waals surface area (Å²) < 4.78 is 25.0. The lowest BCUT2D eigenvalue weighted by molar-refractivity contribution is -0.142. The van der Waals surface area contributed by atoms with E-state index in [-0.39, 0.29) is 18.1 Å². The summed E-state index contributed by atoms with van der Waals surface area (Å²) in [6.45, 7) is 10.3. The number of urea groups is 1. The normalized spacial score (nSPS) is 19.7. The van der Waals surface area contributed by atoms with Crippen LogP contribution in [0, 0.1) is 5.41 Å². The molecule has 1 heterocycles. The fourth-order valence-corrected chi connectivity index (χ4v) is 6.62. The third-order valence-corrected chi connectivity index (χ3v) is 9.31. The van der Waals surface area contributed by atoms with Gasteiger partial charge in [-0.1, -0.05) is 53.0 Å². The fourth-order valence-electron chi connectivity index (χ4n) is 5.21. The van der Waals surface area contributed by atoms with Gasteiger partial charge in [0.2, 0.25) is 17.6 Å². The van der Waals surface area contributed by atoms with Crippen LogP contribution in [0.25, 0.3) is 0 Å². The second-order valence-corrected chi connectivity index (χ2v) is 14.1. The van der Waals surface area contributed by atoms with Gasteiger partial charge in [-0.25, -0.2) is 13.2 Å². The van der Waals surface area contributed by atoms with Gasteiger partial charge in [-0.2, -0.15) is 0 Å². The average Bonchev–Trinajstić information content (AvgIpc) is 3.38. The Morgan fingerprint density at radius 3 is 2.27 bits per heavy atom. The molecular formula is C27H45N5O7S. The smallest absolute Gasteiger partial charge is 0.315 e. The Hall–Kier alpha value is -2.96. The van der Waals surface area contributed by atoms with Gasteiger partial charge in [-0.15, -0.1) is 6.58 Å². The molecule has 2 aliphatic rings. The molecule has 1 aliphatic heterocycles. The fraction of sp³-hybridized carbons (Fsp3) is 0.741. The van der Waals surface area contributed by atoms with Crippen LogP contribution in [0.4, 0.5) is 4.79 Å². The van der Waals surface area contributed by atoms with Crippen molar-refractivity contribution < 1.29 is 32.4 Å². The Bertz CT molecular complexity index is 1080. The maximum Gasteiger partial charge on any atom is 0.315 e. The zero-order chi connectivity index (χ0) is 30.1. The number of hydrogen-bond acceptors (Lipinski definition) is 7. The number of likely N-dealkylation sites (tertiary alicyclic amines) is 1. The molecule has 0 spiro atoms. The number of sulfone groups is 1. The molecule has 0 aromatic rings. The maximum atomic E-state index is 13.7.